The van der Waals surface area contributed by atoms with Crippen LogP contribution in [0, 0.1) is 5.92 Å². The summed E-state index contributed by atoms with van der Waals surface area (Å²) in [5, 5.41) is 1.99. The van der Waals surface area contributed by atoms with E-state index in [2.05, 4.69) is 6.92 Å². The highest BCUT2D eigenvalue weighted by molar-refractivity contribution is 7.88. The Labute approximate surface area is 136 Å². The highest BCUT2D eigenvalue weighted by Gasteiger charge is 2.29. The van der Waals surface area contributed by atoms with Gasteiger partial charge < -0.3 is 4.90 Å². The summed E-state index contributed by atoms with van der Waals surface area (Å²) in [5.74, 6) is 0.771. The van der Waals surface area contributed by atoms with Crippen molar-refractivity contribution in [2.45, 2.75) is 26.2 Å². The topological polar surface area (TPSA) is 57.7 Å². The van der Waals surface area contributed by atoms with Gasteiger partial charge >= 0.3 is 0 Å². The molecule has 1 aromatic rings. The fourth-order valence-corrected chi connectivity index (χ4v) is 5.31. The Kier molecular flexibility index (Phi) is 4.31. The summed E-state index contributed by atoms with van der Waals surface area (Å²) in [6, 6.07) is 0. The molecule has 1 aromatic heterocycles. The van der Waals surface area contributed by atoms with E-state index in [0.29, 0.717) is 32.1 Å². The van der Waals surface area contributed by atoms with Crippen LogP contribution < -0.4 is 0 Å². The second-order valence-electron chi connectivity index (χ2n) is 6.35. The van der Waals surface area contributed by atoms with Crippen LogP contribution in [0.5, 0.6) is 0 Å². The van der Waals surface area contributed by atoms with Crippen LogP contribution in [-0.4, -0.2) is 56.0 Å². The highest BCUT2D eigenvalue weighted by atomic mass is 32.2. The van der Waals surface area contributed by atoms with Crippen molar-refractivity contribution in [2.24, 2.45) is 5.92 Å². The van der Waals surface area contributed by atoms with Crippen LogP contribution >= 0.6 is 11.3 Å². The molecule has 0 saturated carbocycles. The predicted molar refractivity (Wildman–Crippen MR) is 87.8 cm³/mol. The normalized spacial score (nSPS) is 23.4. The quantitative estimate of drug-likeness (QED) is 0.820. The molecule has 1 atom stereocenters. The molecule has 3 rings (SSSR count). The molecule has 0 spiro atoms. The molecule has 0 radical (unpaired) electrons. The van der Waals surface area contributed by atoms with Gasteiger partial charge in [0.15, 0.2) is 0 Å². The molecule has 2 aliphatic rings. The maximum atomic E-state index is 12.7. The zero-order chi connectivity index (χ0) is 15.9. The monoisotopic (exact) mass is 342 g/mol. The van der Waals surface area contributed by atoms with Crippen molar-refractivity contribution >= 4 is 27.3 Å². The molecule has 1 amide bonds. The Morgan fingerprint density at radius 3 is 2.59 bits per heavy atom. The van der Waals surface area contributed by atoms with Gasteiger partial charge in [-0.05, 0) is 30.7 Å². The zero-order valence-corrected chi connectivity index (χ0v) is 14.7. The minimum Gasteiger partial charge on any atom is -0.336 e. The van der Waals surface area contributed by atoms with Crippen molar-refractivity contribution in [2.75, 3.05) is 32.4 Å². The predicted octanol–water partition coefficient (Wildman–Crippen LogP) is 1.59. The first-order chi connectivity index (χ1) is 10.4. The Morgan fingerprint density at radius 1 is 1.27 bits per heavy atom. The van der Waals surface area contributed by atoms with E-state index in [1.807, 2.05) is 5.38 Å². The summed E-state index contributed by atoms with van der Waals surface area (Å²) < 4.78 is 24.5. The van der Waals surface area contributed by atoms with E-state index in [9.17, 15) is 13.2 Å². The number of amides is 1. The second-order valence-corrected chi connectivity index (χ2v) is 9.30. The molecule has 0 bridgehead atoms. The molecule has 2 heterocycles. The van der Waals surface area contributed by atoms with E-state index in [1.54, 1.807) is 16.2 Å². The molecule has 1 aliphatic carbocycles. The van der Waals surface area contributed by atoms with Crippen molar-refractivity contribution in [3.05, 3.63) is 21.4 Å². The third kappa shape index (κ3) is 3.07. The SMILES string of the molecule is CC1CCc2c(C(=O)N3CCN(S(C)(=O)=O)CC3)csc2C1. The van der Waals surface area contributed by atoms with Crippen molar-refractivity contribution in [1.82, 2.24) is 9.21 Å². The van der Waals surface area contributed by atoms with Crippen molar-refractivity contribution in [1.29, 1.82) is 0 Å². The average Bonchev–Trinajstić information content (AvgIpc) is 2.88. The number of sulfonamides is 1. The largest absolute Gasteiger partial charge is 0.336 e. The number of fused-ring (bicyclic) bond motifs is 1. The molecule has 0 N–H and O–H groups in total. The van der Waals surface area contributed by atoms with Crippen LogP contribution in [0.15, 0.2) is 5.38 Å². The number of carbonyl (C=O) groups is 1. The number of thiophene rings is 1. The summed E-state index contributed by atoms with van der Waals surface area (Å²) in [6.45, 7) is 4.01. The molecule has 0 aromatic carbocycles. The fraction of sp³-hybridized carbons (Fsp3) is 0.667. The van der Waals surface area contributed by atoms with Gasteiger partial charge in [-0.15, -0.1) is 11.3 Å². The number of carbonyl (C=O) groups excluding carboxylic acids is 1. The van der Waals surface area contributed by atoms with E-state index >= 15 is 0 Å². The van der Waals surface area contributed by atoms with Crippen LogP contribution in [-0.2, 0) is 22.9 Å². The van der Waals surface area contributed by atoms with Gasteiger partial charge in [0.1, 0.15) is 0 Å². The molecule has 1 fully saturated rings. The summed E-state index contributed by atoms with van der Waals surface area (Å²) in [4.78, 5) is 15.9. The summed E-state index contributed by atoms with van der Waals surface area (Å²) in [5.41, 5.74) is 2.08. The zero-order valence-electron chi connectivity index (χ0n) is 13.0. The average molecular weight is 342 g/mol. The van der Waals surface area contributed by atoms with Crippen LogP contribution in [0.1, 0.15) is 34.1 Å². The van der Waals surface area contributed by atoms with E-state index in [-0.39, 0.29) is 5.91 Å². The van der Waals surface area contributed by atoms with Crippen LogP contribution in [0.4, 0.5) is 0 Å². The Morgan fingerprint density at radius 2 is 1.95 bits per heavy atom. The van der Waals surface area contributed by atoms with Crippen LogP contribution in [0.3, 0.4) is 0 Å². The van der Waals surface area contributed by atoms with Gasteiger partial charge in [-0.2, -0.15) is 4.31 Å². The minimum absolute atomic E-state index is 0.0696. The molecule has 1 saturated heterocycles. The lowest BCUT2D eigenvalue weighted by atomic mass is 9.88. The third-order valence-electron chi connectivity index (χ3n) is 4.63. The van der Waals surface area contributed by atoms with Gasteiger partial charge in [0, 0.05) is 36.4 Å². The highest BCUT2D eigenvalue weighted by Crippen LogP contribution is 2.33. The van der Waals surface area contributed by atoms with E-state index in [4.69, 9.17) is 0 Å². The second kappa shape index (κ2) is 5.94. The van der Waals surface area contributed by atoms with E-state index in [1.165, 1.54) is 21.0 Å². The van der Waals surface area contributed by atoms with Gasteiger partial charge in [0.2, 0.25) is 10.0 Å². The number of piperazine rings is 1. The number of hydrogen-bond acceptors (Lipinski definition) is 4. The van der Waals surface area contributed by atoms with Crippen LogP contribution in [0.2, 0.25) is 0 Å². The molecular weight excluding hydrogens is 320 g/mol. The Balaban J connectivity index is 1.71. The summed E-state index contributed by atoms with van der Waals surface area (Å²) in [6.07, 6.45) is 4.44. The molecular formula is C15H22N2O3S2. The molecule has 7 heteroatoms. The number of nitrogens with zero attached hydrogens (tertiary/aromatic N) is 2. The van der Waals surface area contributed by atoms with Gasteiger partial charge in [-0.25, -0.2) is 8.42 Å². The molecule has 1 aliphatic heterocycles. The van der Waals surface area contributed by atoms with Crippen molar-refractivity contribution < 1.29 is 13.2 Å². The lowest BCUT2D eigenvalue weighted by Gasteiger charge is -2.33. The lowest BCUT2D eigenvalue weighted by Crippen LogP contribution is -2.50. The number of rotatable bonds is 2. The Hall–Kier alpha value is -0.920. The van der Waals surface area contributed by atoms with Crippen LogP contribution in [0.25, 0.3) is 0 Å². The minimum atomic E-state index is -3.15. The van der Waals surface area contributed by atoms with Gasteiger partial charge in [-0.3, -0.25) is 4.79 Å². The molecule has 5 nitrogen and oxygen atoms in total. The third-order valence-corrected chi connectivity index (χ3v) is 6.98. The molecule has 122 valence electrons. The van der Waals surface area contributed by atoms with Gasteiger partial charge in [0.05, 0.1) is 11.8 Å². The summed E-state index contributed by atoms with van der Waals surface area (Å²) >= 11 is 1.70. The van der Waals surface area contributed by atoms with E-state index < -0.39 is 10.0 Å². The maximum absolute atomic E-state index is 12.7. The Bertz CT molecular complexity index is 673. The smallest absolute Gasteiger partial charge is 0.255 e. The first kappa shape index (κ1) is 16.0. The molecule has 22 heavy (non-hydrogen) atoms. The summed E-state index contributed by atoms with van der Waals surface area (Å²) in [7, 11) is -3.15. The van der Waals surface area contributed by atoms with Crippen molar-refractivity contribution in [3.8, 4) is 0 Å². The number of hydrogen-bond donors (Lipinski definition) is 0. The maximum Gasteiger partial charge on any atom is 0.255 e. The first-order valence-corrected chi connectivity index (χ1v) is 10.4. The van der Waals surface area contributed by atoms with Gasteiger partial charge in [0.25, 0.3) is 5.91 Å². The molecule has 1 unspecified atom stereocenters. The van der Waals surface area contributed by atoms with Crippen molar-refractivity contribution in [3.63, 3.8) is 0 Å². The standard InChI is InChI=1S/C15H22N2O3S2/c1-11-3-4-12-13(10-21-14(12)9-11)15(18)16-5-7-17(8-6-16)22(2,19)20/h10-11H,3-9H2,1-2H3. The fourth-order valence-electron chi connectivity index (χ4n) is 3.25. The van der Waals surface area contributed by atoms with E-state index in [0.717, 1.165) is 24.8 Å². The lowest BCUT2D eigenvalue weighted by molar-refractivity contribution is 0.0697. The van der Waals surface area contributed by atoms with Gasteiger partial charge in [-0.1, -0.05) is 6.92 Å². The first-order valence-electron chi connectivity index (χ1n) is 7.70.